The molecule has 0 aliphatic carbocycles. The first-order valence-corrected chi connectivity index (χ1v) is 7.61. The second kappa shape index (κ2) is 7.01. The number of nitrogens with one attached hydrogen (secondary N) is 1. The maximum atomic E-state index is 4.45. The van der Waals surface area contributed by atoms with Gasteiger partial charge in [0.2, 0.25) is 0 Å². The highest BCUT2D eigenvalue weighted by Crippen LogP contribution is 2.31. The summed E-state index contributed by atoms with van der Waals surface area (Å²) in [6, 6.07) is 6.19. The first-order valence-electron chi connectivity index (χ1n) is 7.61. The number of pyridine rings is 1. The zero-order chi connectivity index (χ0) is 13.6. The zero-order valence-corrected chi connectivity index (χ0v) is 12.4. The van der Waals surface area contributed by atoms with Crippen molar-refractivity contribution in [2.75, 3.05) is 26.2 Å². The molecule has 3 nitrogen and oxygen atoms in total. The molecule has 1 atom stereocenters. The topological polar surface area (TPSA) is 28.2 Å². The van der Waals surface area contributed by atoms with Crippen molar-refractivity contribution in [3.63, 3.8) is 0 Å². The van der Waals surface area contributed by atoms with Gasteiger partial charge >= 0.3 is 0 Å². The maximum absolute atomic E-state index is 4.45. The quantitative estimate of drug-likeness (QED) is 0.853. The highest BCUT2D eigenvalue weighted by Gasteiger charge is 2.31. The normalized spacial score (nSPS) is 23.7. The van der Waals surface area contributed by atoms with Gasteiger partial charge in [0.25, 0.3) is 0 Å². The predicted molar refractivity (Wildman–Crippen MR) is 80.0 cm³/mol. The number of aromatic nitrogens is 1. The number of rotatable bonds is 6. The van der Waals surface area contributed by atoms with Crippen LogP contribution in [0.5, 0.6) is 0 Å². The molecule has 2 heterocycles. The van der Waals surface area contributed by atoms with Gasteiger partial charge in [-0.1, -0.05) is 19.9 Å². The lowest BCUT2D eigenvalue weighted by Crippen LogP contribution is -2.47. The minimum absolute atomic E-state index is 0.461. The van der Waals surface area contributed by atoms with Gasteiger partial charge in [-0.3, -0.25) is 9.88 Å². The summed E-state index contributed by atoms with van der Waals surface area (Å²) in [5.74, 6) is 0. The second-order valence-corrected chi connectivity index (χ2v) is 5.76. The Morgan fingerprint density at radius 2 is 2.26 bits per heavy atom. The van der Waals surface area contributed by atoms with Crippen molar-refractivity contribution in [1.82, 2.24) is 15.2 Å². The highest BCUT2D eigenvalue weighted by atomic mass is 15.1. The Kier molecular flexibility index (Phi) is 5.34. The molecule has 1 aromatic heterocycles. The molecule has 1 unspecified atom stereocenters. The van der Waals surface area contributed by atoms with Crippen molar-refractivity contribution in [1.29, 1.82) is 0 Å². The summed E-state index contributed by atoms with van der Waals surface area (Å²) in [6.45, 7) is 10.2. The van der Waals surface area contributed by atoms with Crippen LogP contribution in [0.1, 0.15) is 38.8 Å². The summed E-state index contributed by atoms with van der Waals surface area (Å²) in [6.07, 6.45) is 5.82. The highest BCUT2D eigenvalue weighted by molar-refractivity contribution is 5.03. The first kappa shape index (κ1) is 14.5. The van der Waals surface area contributed by atoms with Gasteiger partial charge in [-0.2, -0.15) is 0 Å². The summed E-state index contributed by atoms with van der Waals surface area (Å²) in [4.78, 5) is 6.99. The van der Waals surface area contributed by atoms with Crippen molar-refractivity contribution in [2.24, 2.45) is 5.41 Å². The Hall–Kier alpha value is -0.930. The number of piperidine rings is 1. The molecule has 1 aliphatic heterocycles. The van der Waals surface area contributed by atoms with E-state index in [-0.39, 0.29) is 0 Å². The Morgan fingerprint density at radius 3 is 2.84 bits per heavy atom. The minimum Gasteiger partial charge on any atom is -0.316 e. The fourth-order valence-electron chi connectivity index (χ4n) is 3.05. The smallest absolute Gasteiger partial charge is 0.0543 e. The average molecular weight is 261 g/mol. The molecule has 2 rings (SSSR count). The van der Waals surface area contributed by atoms with E-state index in [1.807, 2.05) is 12.3 Å². The van der Waals surface area contributed by atoms with Crippen LogP contribution in [0.15, 0.2) is 24.4 Å². The van der Waals surface area contributed by atoms with Gasteiger partial charge in [-0.25, -0.2) is 0 Å². The fourth-order valence-corrected chi connectivity index (χ4v) is 3.05. The van der Waals surface area contributed by atoms with Crippen LogP contribution in [0.25, 0.3) is 0 Å². The Labute approximate surface area is 117 Å². The lowest BCUT2D eigenvalue weighted by Gasteiger charge is -2.40. The molecule has 1 saturated heterocycles. The van der Waals surface area contributed by atoms with E-state index in [0.29, 0.717) is 5.41 Å². The molecule has 0 bridgehead atoms. The van der Waals surface area contributed by atoms with Crippen molar-refractivity contribution in [2.45, 2.75) is 39.7 Å². The number of hydrogen-bond donors (Lipinski definition) is 1. The molecule has 1 aromatic rings. The molecule has 1 fully saturated rings. The molecule has 0 aromatic carbocycles. The third kappa shape index (κ3) is 4.02. The van der Waals surface area contributed by atoms with Gasteiger partial charge in [0.1, 0.15) is 0 Å². The predicted octanol–water partition coefficient (Wildman–Crippen LogP) is 2.68. The van der Waals surface area contributed by atoms with Crippen LogP contribution in [0.2, 0.25) is 0 Å². The Bertz CT molecular complexity index is 358. The summed E-state index contributed by atoms with van der Waals surface area (Å²) in [5.41, 5.74) is 1.64. The van der Waals surface area contributed by atoms with Crippen LogP contribution in [0, 0.1) is 5.41 Å². The van der Waals surface area contributed by atoms with E-state index in [2.05, 4.69) is 41.2 Å². The van der Waals surface area contributed by atoms with Crippen molar-refractivity contribution < 1.29 is 0 Å². The third-order valence-electron chi connectivity index (χ3n) is 4.43. The standard InChI is InChI=1S/C16H27N3/c1-3-16(9-7-10-17-13-16)14-19(4-2)12-15-8-5-6-11-18-15/h5-6,8,11,17H,3-4,7,9-10,12-14H2,1-2H3. The monoisotopic (exact) mass is 261 g/mol. The molecule has 106 valence electrons. The lowest BCUT2D eigenvalue weighted by atomic mass is 9.78. The van der Waals surface area contributed by atoms with Crippen molar-refractivity contribution in [3.8, 4) is 0 Å². The maximum Gasteiger partial charge on any atom is 0.0543 e. The molecule has 1 N–H and O–H groups in total. The lowest BCUT2D eigenvalue weighted by molar-refractivity contribution is 0.110. The second-order valence-electron chi connectivity index (χ2n) is 5.76. The van der Waals surface area contributed by atoms with Gasteiger partial charge in [0.15, 0.2) is 0 Å². The number of nitrogens with zero attached hydrogens (tertiary/aromatic N) is 2. The molecule has 0 saturated carbocycles. The van der Waals surface area contributed by atoms with Crippen LogP contribution >= 0.6 is 0 Å². The van der Waals surface area contributed by atoms with E-state index in [4.69, 9.17) is 0 Å². The largest absolute Gasteiger partial charge is 0.316 e. The minimum atomic E-state index is 0.461. The average Bonchev–Trinajstić information content (AvgIpc) is 2.48. The molecular formula is C16H27N3. The van der Waals surface area contributed by atoms with E-state index in [1.165, 1.54) is 44.6 Å². The molecule has 19 heavy (non-hydrogen) atoms. The van der Waals surface area contributed by atoms with Gasteiger partial charge in [-0.05, 0) is 49.9 Å². The van der Waals surface area contributed by atoms with Crippen molar-refractivity contribution in [3.05, 3.63) is 30.1 Å². The SMILES string of the molecule is CCN(Cc1ccccn1)CC1(CC)CCCNC1. The van der Waals surface area contributed by atoms with Gasteiger partial charge in [0.05, 0.1) is 5.69 Å². The van der Waals surface area contributed by atoms with E-state index in [9.17, 15) is 0 Å². The van der Waals surface area contributed by atoms with E-state index < -0.39 is 0 Å². The van der Waals surface area contributed by atoms with E-state index >= 15 is 0 Å². The molecule has 3 heteroatoms. The zero-order valence-electron chi connectivity index (χ0n) is 12.4. The molecule has 1 aliphatic rings. The van der Waals surface area contributed by atoms with Crippen LogP contribution in [0.3, 0.4) is 0 Å². The van der Waals surface area contributed by atoms with E-state index in [1.54, 1.807) is 0 Å². The van der Waals surface area contributed by atoms with Gasteiger partial charge in [0, 0.05) is 25.8 Å². The van der Waals surface area contributed by atoms with Crippen LogP contribution < -0.4 is 5.32 Å². The van der Waals surface area contributed by atoms with Crippen molar-refractivity contribution >= 4 is 0 Å². The van der Waals surface area contributed by atoms with Gasteiger partial charge < -0.3 is 5.32 Å². The van der Waals surface area contributed by atoms with Crippen LogP contribution in [0.4, 0.5) is 0 Å². The molecule has 0 radical (unpaired) electrons. The summed E-state index contributed by atoms with van der Waals surface area (Å²) >= 11 is 0. The van der Waals surface area contributed by atoms with Crippen LogP contribution in [-0.2, 0) is 6.54 Å². The molecular weight excluding hydrogens is 234 g/mol. The third-order valence-corrected chi connectivity index (χ3v) is 4.43. The van der Waals surface area contributed by atoms with E-state index in [0.717, 1.165) is 13.1 Å². The number of hydrogen-bond acceptors (Lipinski definition) is 3. The summed E-state index contributed by atoms with van der Waals surface area (Å²) in [5, 5.41) is 3.58. The summed E-state index contributed by atoms with van der Waals surface area (Å²) < 4.78 is 0. The molecule has 0 spiro atoms. The Morgan fingerprint density at radius 1 is 1.37 bits per heavy atom. The first-order chi connectivity index (χ1) is 9.28. The summed E-state index contributed by atoms with van der Waals surface area (Å²) in [7, 11) is 0. The van der Waals surface area contributed by atoms with Crippen LogP contribution in [-0.4, -0.2) is 36.1 Å². The molecule has 0 amide bonds. The van der Waals surface area contributed by atoms with Gasteiger partial charge in [-0.15, -0.1) is 0 Å². The Balaban J connectivity index is 1.97. The fraction of sp³-hybridized carbons (Fsp3) is 0.688.